The maximum Gasteiger partial charge on any atom is 0.255 e. The largest absolute Gasteiger partial charge is 0.294 e. The number of aromatic nitrogens is 1. The fourth-order valence-electron chi connectivity index (χ4n) is 1.76. The summed E-state index contributed by atoms with van der Waals surface area (Å²) in [5.41, 5.74) is 0. The first kappa shape index (κ1) is 14.4. The molecule has 0 spiro atoms. The second-order valence-corrected chi connectivity index (χ2v) is 7.55. The summed E-state index contributed by atoms with van der Waals surface area (Å²) >= 11 is 6.40. The molecule has 7 nitrogen and oxygen atoms in total. The van der Waals surface area contributed by atoms with Gasteiger partial charge in [0.2, 0.25) is 11.8 Å². The number of imide groups is 1. The lowest BCUT2D eigenvalue weighted by atomic mass is 10.2. The molecule has 104 valence electrons. The number of rotatable bonds is 3. The Hall–Kier alpha value is -1.03. The van der Waals surface area contributed by atoms with E-state index >= 15 is 0 Å². The van der Waals surface area contributed by atoms with Crippen LogP contribution in [-0.2, 0) is 19.6 Å². The smallest absolute Gasteiger partial charge is 0.255 e. The fourth-order valence-corrected chi connectivity index (χ4v) is 4.80. The van der Waals surface area contributed by atoms with Crippen LogP contribution >= 0.6 is 22.9 Å². The molecule has 19 heavy (non-hydrogen) atoms. The number of sulfonamides is 1. The summed E-state index contributed by atoms with van der Waals surface area (Å²) in [5.74, 6) is -1.26. The van der Waals surface area contributed by atoms with Crippen LogP contribution in [0.15, 0.2) is 10.4 Å². The van der Waals surface area contributed by atoms with Crippen molar-refractivity contribution in [3.8, 4) is 0 Å². The number of nitrogens with zero attached hydrogens (tertiary/aromatic N) is 2. The van der Waals surface area contributed by atoms with Crippen molar-refractivity contribution in [1.29, 1.82) is 0 Å². The minimum Gasteiger partial charge on any atom is -0.294 e. The van der Waals surface area contributed by atoms with E-state index in [1.54, 1.807) is 6.92 Å². The van der Waals surface area contributed by atoms with E-state index in [0.717, 1.165) is 21.8 Å². The number of halogens is 1. The number of hydrogen-bond acceptors (Lipinski definition) is 6. The molecule has 2 rings (SSSR count). The Morgan fingerprint density at radius 1 is 1.58 bits per heavy atom. The van der Waals surface area contributed by atoms with Crippen LogP contribution in [-0.4, -0.2) is 42.1 Å². The minimum absolute atomic E-state index is 0.0828. The van der Waals surface area contributed by atoms with Gasteiger partial charge in [0.05, 0.1) is 12.7 Å². The standard InChI is InChI=1S/C9H10ClN3O4S2/c1-2-5-8(15)12-6(14)4-13(5)19(16,17)7-3-11-9(10)18-7/h3,5H,2,4H2,1H3,(H,12,14,15). The number of nitrogens with one attached hydrogen (secondary N) is 1. The molecule has 1 saturated heterocycles. The van der Waals surface area contributed by atoms with Gasteiger partial charge in [0.25, 0.3) is 10.0 Å². The molecule has 1 aliphatic rings. The lowest BCUT2D eigenvalue weighted by Crippen LogP contribution is -2.59. The SMILES string of the molecule is CCC1C(=O)NC(=O)CN1S(=O)(=O)c1cnc(Cl)s1. The molecule has 2 amide bonds. The molecule has 0 saturated carbocycles. The Morgan fingerprint density at radius 2 is 2.26 bits per heavy atom. The van der Waals surface area contributed by atoms with Gasteiger partial charge in [-0.1, -0.05) is 29.9 Å². The van der Waals surface area contributed by atoms with Gasteiger partial charge in [-0.25, -0.2) is 13.4 Å². The van der Waals surface area contributed by atoms with E-state index in [9.17, 15) is 18.0 Å². The summed E-state index contributed by atoms with van der Waals surface area (Å²) in [4.78, 5) is 26.7. The molecule has 1 unspecified atom stereocenters. The number of hydrogen-bond donors (Lipinski definition) is 1. The second-order valence-electron chi connectivity index (χ2n) is 3.82. The highest BCUT2D eigenvalue weighted by Gasteiger charge is 2.41. The average Bonchev–Trinajstić information content (AvgIpc) is 2.75. The van der Waals surface area contributed by atoms with E-state index in [4.69, 9.17) is 11.6 Å². The van der Waals surface area contributed by atoms with E-state index in [1.807, 2.05) is 0 Å². The average molecular weight is 324 g/mol. The summed E-state index contributed by atoms with van der Waals surface area (Å²) in [6.07, 6.45) is 1.39. The molecule has 1 aromatic heterocycles. The first-order valence-corrected chi connectivity index (χ1v) is 7.96. The van der Waals surface area contributed by atoms with Crippen LogP contribution in [0.2, 0.25) is 4.47 Å². The van der Waals surface area contributed by atoms with Crippen LogP contribution in [0.25, 0.3) is 0 Å². The summed E-state index contributed by atoms with van der Waals surface area (Å²) in [7, 11) is -3.95. The zero-order valence-corrected chi connectivity index (χ0v) is 12.2. The normalized spacial score (nSPS) is 21.5. The molecule has 1 aromatic rings. The summed E-state index contributed by atoms with van der Waals surface area (Å²) in [6.45, 7) is 1.28. The first-order chi connectivity index (χ1) is 8.86. The Morgan fingerprint density at radius 3 is 2.79 bits per heavy atom. The maximum absolute atomic E-state index is 12.4. The lowest BCUT2D eigenvalue weighted by molar-refractivity contribution is -0.137. The van der Waals surface area contributed by atoms with E-state index in [-0.39, 0.29) is 21.6 Å². The zero-order chi connectivity index (χ0) is 14.2. The molecular formula is C9H10ClN3O4S2. The van der Waals surface area contributed by atoms with Gasteiger partial charge in [-0.15, -0.1) is 0 Å². The fraction of sp³-hybridized carbons (Fsp3) is 0.444. The van der Waals surface area contributed by atoms with Crippen molar-refractivity contribution in [2.24, 2.45) is 0 Å². The van der Waals surface area contributed by atoms with Crippen LogP contribution in [0.3, 0.4) is 0 Å². The topological polar surface area (TPSA) is 96.4 Å². The summed E-state index contributed by atoms with van der Waals surface area (Å²) in [6, 6.07) is -0.899. The van der Waals surface area contributed by atoms with E-state index < -0.39 is 27.9 Å². The minimum atomic E-state index is -3.95. The van der Waals surface area contributed by atoms with Crippen molar-refractivity contribution < 1.29 is 18.0 Å². The van der Waals surface area contributed by atoms with Crippen molar-refractivity contribution in [2.75, 3.05) is 6.54 Å². The highest BCUT2D eigenvalue weighted by Crippen LogP contribution is 2.28. The third-order valence-corrected chi connectivity index (χ3v) is 6.02. The van der Waals surface area contributed by atoms with Crippen molar-refractivity contribution in [3.05, 3.63) is 10.7 Å². The third-order valence-electron chi connectivity index (χ3n) is 2.62. The van der Waals surface area contributed by atoms with Crippen LogP contribution in [0.5, 0.6) is 0 Å². The van der Waals surface area contributed by atoms with Crippen LogP contribution in [0.4, 0.5) is 0 Å². The number of piperazine rings is 1. The maximum atomic E-state index is 12.4. The Balaban J connectivity index is 2.42. The Kier molecular flexibility index (Phi) is 3.90. The van der Waals surface area contributed by atoms with Gasteiger partial charge in [-0.05, 0) is 6.42 Å². The Bertz CT molecular complexity index is 627. The van der Waals surface area contributed by atoms with E-state index in [1.165, 1.54) is 0 Å². The molecule has 1 N–H and O–H groups in total. The number of carbonyl (C=O) groups is 2. The molecule has 1 aliphatic heterocycles. The van der Waals surface area contributed by atoms with E-state index in [0.29, 0.717) is 0 Å². The summed E-state index contributed by atoms with van der Waals surface area (Å²) in [5, 5.41) is 2.12. The molecular weight excluding hydrogens is 314 g/mol. The highest BCUT2D eigenvalue weighted by molar-refractivity contribution is 7.91. The van der Waals surface area contributed by atoms with Gasteiger partial charge in [-0.3, -0.25) is 14.9 Å². The number of amides is 2. The highest BCUT2D eigenvalue weighted by atomic mass is 35.5. The monoisotopic (exact) mass is 323 g/mol. The van der Waals surface area contributed by atoms with Crippen LogP contribution in [0, 0.1) is 0 Å². The molecule has 0 aliphatic carbocycles. The van der Waals surface area contributed by atoms with Crippen LogP contribution in [0.1, 0.15) is 13.3 Å². The van der Waals surface area contributed by atoms with Gasteiger partial charge in [0, 0.05) is 0 Å². The van der Waals surface area contributed by atoms with Gasteiger partial charge in [0.15, 0.2) is 8.68 Å². The first-order valence-electron chi connectivity index (χ1n) is 5.33. The lowest BCUT2D eigenvalue weighted by Gasteiger charge is -2.31. The third kappa shape index (κ3) is 2.64. The molecule has 10 heteroatoms. The summed E-state index contributed by atoms with van der Waals surface area (Å²) < 4.78 is 25.6. The van der Waals surface area contributed by atoms with Gasteiger partial charge in [-0.2, -0.15) is 4.31 Å². The number of carbonyl (C=O) groups excluding carboxylic acids is 2. The molecule has 0 aromatic carbocycles. The molecule has 0 bridgehead atoms. The molecule has 1 atom stereocenters. The van der Waals surface area contributed by atoms with Crippen molar-refractivity contribution >= 4 is 44.8 Å². The van der Waals surface area contributed by atoms with Crippen molar-refractivity contribution in [2.45, 2.75) is 23.6 Å². The van der Waals surface area contributed by atoms with Gasteiger partial charge in [0.1, 0.15) is 6.04 Å². The van der Waals surface area contributed by atoms with Crippen LogP contribution < -0.4 is 5.32 Å². The quantitative estimate of drug-likeness (QED) is 0.803. The molecule has 2 heterocycles. The van der Waals surface area contributed by atoms with Crippen molar-refractivity contribution in [3.63, 3.8) is 0 Å². The van der Waals surface area contributed by atoms with Crippen molar-refractivity contribution in [1.82, 2.24) is 14.6 Å². The Labute approximate surface area is 118 Å². The van der Waals surface area contributed by atoms with Gasteiger partial charge < -0.3 is 0 Å². The van der Waals surface area contributed by atoms with E-state index in [2.05, 4.69) is 10.3 Å². The second kappa shape index (κ2) is 5.16. The molecule has 1 fully saturated rings. The zero-order valence-electron chi connectivity index (χ0n) is 9.79. The predicted octanol–water partition coefficient (Wildman–Crippen LogP) is 0.222. The van der Waals surface area contributed by atoms with Gasteiger partial charge >= 0.3 is 0 Å². The predicted molar refractivity (Wildman–Crippen MR) is 68.2 cm³/mol. The number of thiazole rings is 1. The molecule has 0 radical (unpaired) electrons.